The highest BCUT2D eigenvalue weighted by Gasteiger charge is 2.17. The second kappa shape index (κ2) is 3.33. The highest BCUT2D eigenvalue weighted by Crippen LogP contribution is 2.05. The van der Waals surface area contributed by atoms with E-state index in [-0.39, 0.29) is 16.1 Å². The maximum atomic E-state index is 10.3. The molecule has 0 heterocycles. The lowest BCUT2D eigenvalue weighted by Crippen LogP contribution is -2.29. The number of nitrogens with zero attached hydrogens (tertiary/aromatic N) is 1. The third kappa shape index (κ3) is 1.80. The van der Waals surface area contributed by atoms with Crippen molar-refractivity contribution in [2.45, 2.75) is 0 Å². The van der Waals surface area contributed by atoms with Crippen molar-refractivity contribution in [2.24, 2.45) is 0 Å². The number of hydrogen-bond donors (Lipinski definition) is 3. The third-order valence-corrected chi connectivity index (χ3v) is 1.39. The Morgan fingerprint density at radius 2 is 2.00 bits per heavy atom. The Balaban J connectivity index is 3.04. The van der Waals surface area contributed by atoms with Gasteiger partial charge in [-0.25, -0.2) is 5.21 Å². The fourth-order valence-electron chi connectivity index (χ4n) is 0.804. The molecule has 62 valence electrons. The summed E-state index contributed by atoms with van der Waals surface area (Å²) in [5, 5.41) is 25.8. The maximum absolute atomic E-state index is 10.3. The molecule has 0 saturated heterocycles. The van der Waals surface area contributed by atoms with Crippen LogP contribution in [0.3, 0.4) is 0 Å². The van der Waals surface area contributed by atoms with E-state index in [2.05, 4.69) is 0 Å². The van der Waals surface area contributed by atoms with Crippen LogP contribution in [-0.4, -0.2) is 27.3 Å². The van der Waals surface area contributed by atoms with Crippen LogP contribution in [-0.2, 0) is 0 Å². The van der Waals surface area contributed by atoms with Crippen LogP contribution in [0.1, 0.15) is 0 Å². The average Bonchev–Trinajstić information content (AvgIpc) is 2.04. The summed E-state index contributed by atoms with van der Waals surface area (Å²) in [6.07, 6.45) is 0. The van der Waals surface area contributed by atoms with Crippen LogP contribution in [0.25, 0.3) is 0 Å². The summed E-state index contributed by atoms with van der Waals surface area (Å²) in [6.45, 7) is 0. The van der Waals surface area contributed by atoms with Gasteiger partial charge in [-0.2, -0.15) is 0 Å². The molecule has 0 radical (unpaired) electrons. The van der Waals surface area contributed by atoms with Crippen molar-refractivity contribution in [1.29, 1.82) is 0 Å². The lowest BCUT2D eigenvalue weighted by molar-refractivity contribution is -0.729. The molecular weight excluding hydrogens is 161 g/mol. The Hall–Kier alpha value is -1.40. The first kappa shape index (κ1) is 8.70. The number of hydrogen-bond acceptors (Lipinski definition) is 3. The molecule has 6 heteroatoms. The van der Waals surface area contributed by atoms with E-state index in [0.717, 1.165) is 0 Å². The van der Waals surface area contributed by atoms with Gasteiger partial charge in [0, 0.05) is 12.1 Å². The van der Waals surface area contributed by atoms with Crippen molar-refractivity contribution in [3.05, 3.63) is 29.2 Å². The molecule has 0 atom stereocenters. The molecule has 0 spiro atoms. The third-order valence-electron chi connectivity index (χ3n) is 1.39. The molecule has 0 unspecified atom stereocenters. The van der Waals surface area contributed by atoms with Crippen molar-refractivity contribution in [3.8, 4) is 0 Å². The minimum Gasteiger partial charge on any atom is -0.423 e. The molecule has 0 saturated carbocycles. The molecule has 0 aromatic heterocycles. The van der Waals surface area contributed by atoms with Gasteiger partial charge in [-0.05, 0) is 5.46 Å². The van der Waals surface area contributed by atoms with E-state index in [9.17, 15) is 4.91 Å². The normalized spacial score (nSPS) is 9.50. The smallest absolute Gasteiger partial charge is 0.423 e. The van der Waals surface area contributed by atoms with E-state index in [1.807, 2.05) is 0 Å². The second-order valence-electron chi connectivity index (χ2n) is 2.24. The average molecular weight is 168 g/mol. The molecule has 1 rings (SSSR count). The van der Waals surface area contributed by atoms with Crippen molar-refractivity contribution in [3.63, 3.8) is 0 Å². The highest BCUT2D eigenvalue weighted by atomic mass is 16.6. The zero-order chi connectivity index (χ0) is 9.14. The SMILES string of the molecule is O=[N+](O)c1cccc(B(O)O)c1. The minimum absolute atomic E-state index is 0.0411. The molecular formula is C6H7BNO4+. The molecule has 5 nitrogen and oxygen atoms in total. The predicted molar refractivity (Wildman–Crippen MR) is 41.3 cm³/mol. The van der Waals surface area contributed by atoms with Crippen molar-refractivity contribution in [2.75, 3.05) is 0 Å². The molecule has 0 bridgehead atoms. The summed E-state index contributed by atoms with van der Waals surface area (Å²) in [6, 6.07) is 5.39. The van der Waals surface area contributed by atoms with Gasteiger partial charge >= 0.3 is 12.8 Å². The molecule has 0 amide bonds. The van der Waals surface area contributed by atoms with Crippen LogP contribution in [0.2, 0.25) is 0 Å². The van der Waals surface area contributed by atoms with Crippen LogP contribution in [0, 0.1) is 4.91 Å². The Labute approximate surface area is 68.6 Å². The molecule has 0 aliphatic carbocycles. The Kier molecular flexibility index (Phi) is 2.42. The van der Waals surface area contributed by atoms with Crippen molar-refractivity contribution >= 4 is 18.3 Å². The fourth-order valence-corrected chi connectivity index (χ4v) is 0.804. The Bertz CT molecular complexity index is 301. The molecule has 12 heavy (non-hydrogen) atoms. The zero-order valence-electron chi connectivity index (χ0n) is 6.08. The summed E-state index contributed by atoms with van der Waals surface area (Å²) >= 11 is 0. The highest BCUT2D eigenvalue weighted by molar-refractivity contribution is 6.58. The Morgan fingerprint density at radius 1 is 1.33 bits per heavy atom. The largest absolute Gasteiger partial charge is 0.488 e. The van der Waals surface area contributed by atoms with E-state index in [1.165, 1.54) is 24.3 Å². The standard InChI is InChI=1S/C6H7BNO4/c9-7(10)5-2-1-3-6(4-5)8(11)12/h1-4,9-10H,(H,11,12)/q+1. The van der Waals surface area contributed by atoms with Gasteiger partial charge < -0.3 is 10.0 Å². The van der Waals surface area contributed by atoms with E-state index < -0.39 is 7.12 Å². The first-order valence-corrected chi connectivity index (χ1v) is 3.23. The molecule has 0 fully saturated rings. The maximum Gasteiger partial charge on any atom is 0.488 e. The molecule has 0 aliphatic heterocycles. The topological polar surface area (TPSA) is 80.8 Å². The molecule has 3 N–H and O–H groups in total. The van der Waals surface area contributed by atoms with Crippen LogP contribution in [0.4, 0.5) is 5.69 Å². The van der Waals surface area contributed by atoms with E-state index in [4.69, 9.17) is 15.3 Å². The summed E-state index contributed by atoms with van der Waals surface area (Å²) in [5.41, 5.74) is 0.114. The quantitative estimate of drug-likeness (QED) is 0.397. The minimum atomic E-state index is -1.63. The van der Waals surface area contributed by atoms with Gasteiger partial charge in [0.25, 0.3) is 4.92 Å². The monoisotopic (exact) mass is 168 g/mol. The molecule has 1 aromatic carbocycles. The fraction of sp³-hybridized carbons (Fsp3) is 0. The first-order chi connectivity index (χ1) is 5.61. The van der Waals surface area contributed by atoms with Gasteiger partial charge in [0.2, 0.25) is 0 Å². The predicted octanol–water partition coefficient (Wildman–Crippen LogP) is -0.834. The van der Waals surface area contributed by atoms with E-state index in [0.29, 0.717) is 0 Å². The summed E-state index contributed by atoms with van der Waals surface area (Å²) in [4.78, 5) is 9.99. The summed E-state index contributed by atoms with van der Waals surface area (Å²) < 4.78 is 0. The lowest BCUT2D eigenvalue weighted by Gasteiger charge is -1.95. The van der Waals surface area contributed by atoms with Gasteiger partial charge in [-0.3, -0.25) is 0 Å². The summed E-state index contributed by atoms with van der Waals surface area (Å²) in [5.74, 6) is 0. The van der Waals surface area contributed by atoms with E-state index >= 15 is 0 Å². The zero-order valence-corrected chi connectivity index (χ0v) is 6.08. The van der Waals surface area contributed by atoms with Gasteiger partial charge in [0.1, 0.15) is 0 Å². The van der Waals surface area contributed by atoms with Gasteiger partial charge in [0.05, 0.1) is 4.91 Å². The van der Waals surface area contributed by atoms with Crippen molar-refractivity contribution < 1.29 is 20.2 Å². The summed E-state index contributed by atoms with van der Waals surface area (Å²) in [7, 11) is -1.63. The van der Waals surface area contributed by atoms with Gasteiger partial charge in [-0.1, -0.05) is 12.1 Å². The molecule has 1 aromatic rings. The van der Waals surface area contributed by atoms with Crippen LogP contribution in [0.15, 0.2) is 24.3 Å². The van der Waals surface area contributed by atoms with Gasteiger partial charge in [-0.15, -0.1) is 0 Å². The number of rotatable bonds is 2. The first-order valence-electron chi connectivity index (χ1n) is 3.23. The lowest BCUT2D eigenvalue weighted by atomic mass is 9.80. The number of benzene rings is 1. The van der Waals surface area contributed by atoms with Gasteiger partial charge in [0.15, 0.2) is 0 Å². The van der Waals surface area contributed by atoms with Crippen LogP contribution in [0.5, 0.6) is 0 Å². The Morgan fingerprint density at radius 3 is 2.50 bits per heavy atom. The second-order valence-corrected chi connectivity index (χ2v) is 2.24. The van der Waals surface area contributed by atoms with Crippen molar-refractivity contribution in [1.82, 2.24) is 0 Å². The van der Waals surface area contributed by atoms with Crippen LogP contribution < -0.4 is 5.46 Å². The van der Waals surface area contributed by atoms with E-state index in [1.54, 1.807) is 0 Å². The molecule has 0 aliphatic rings. The van der Waals surface area contributed by atoms with Crippen LogP contribution >= 0.6 is 0 Å².